The van der Waals surface area contributed by atoms with Gasteiger partial charge >= 0.3 is 0 Å². The van der Waals surface area contributed by atoms with Crippen LogP contribution in [0.5, 0.6) is 5.75 Å². The lowest BCUT2D eigenvalue weighted by Crippen LogP contribution is -2.01. The lowest BCUT2D eigenvalue weighted by atomic mass is 10.1. The van der Waals surface area contributed by atoms with E-state index >= 15 is 0 Å². The number of benzene rings is 1. The molecule has 1 aromatic carbocycles. The van der Waals surface area contributed by atoms with Gasteiger partial charge in [-0.1, -0.05) is 12.1 Å². The summed E-state index contributed by atoms with van der Waals surface area (Å²) in [6.45, 7) is 0.182. The van der Waals surface area contributed by atoms with Crippen LogP contribution in [0.25, 0.3) is 0 Å². The molecular weight excluding hydrogens is 196 g/mol. The van der Waals surface area contributed by atoms with Crippen molar-refractivity contribution in [2.75, 3.05) is 20.5 Å². The molecule has 4 nitrogen and oxygen atoms in total. The third-order valence-corrected chi connectivity index (χ3v) is 2.01. The summed E-state index contributed by atoms with van der Waals surface area (Å²) >= 11 is 0. The second-order valence-electron chi connectivity index (χ2n) is 3.15. The lowest BCUT2D eigenvalue weighted by Gasteiger charge is -2.10. The fourth-order valence-corrected chi connectivity index (χ4v) is 1.20. The van der Waals surface area contributed by atoms with Gasteiger partial charge in [0.1, 0.15) is 5.75 Å². The van der Waals surface area contributed by atoms with Crippen molar-refractivity contribution in [2.45, 2.75) is 12.5 Å². The molecule has 0 bridgehead atoms. The Bertz CT molecular complexity index is 270. The van der Waals surface area contributed by atoms with E-state index in [0.29, 0.717) is 12.2 Å². The Labute approximate surface area is 89.1 Å². The summed E-state index contributed by atoms with van der Waals surface area (Å²) in [4.78, 5) is 0. The van der Waals surface area contributed by atoms with Crippen LogP contribution in [-0.4, -0.2) is 30.7 Å². The number of methoxy groups -OCH3 is 1. The summed E-state index contributed by atoms with van der Waals surface area (Å²) < 4.78 is 9.95. The highest BCUT2D eigenvalue weighted by molar-refractivity contribution is 5.28. The maximum atomic E-state index is 9.56. The average Bonchev–Trinajstić information content (AvgIpc) is 2.27. The van der Waals surface area contributed by atoms with Crippen molar-refractivity contribution in [1.29, 1.82) is 0 Å². The highest BCUT2D eigenvalue weighted by Crippen LogP contribution is 2.19. The number of rotatable bonds is 6. The first-order valence-corrected chi connectivity index (χ1v) is 4.78. The van der Waals surface area contributed by atoms with Gasteiger partial charge < -0.3 is 19.7 Å². The van der Waals surface area contributed by atoms with E-state index in [1.165, 1.54) is 0 Å². The topological polar surface area (TPSA) is 58.9 Å². The first kappa shape index (κ1) is 12.0. The van der Waals surface area contributed by atoms with Crippen LogP contribution in [0, 0.1) is 0 Å². The zero-order chi connectivity index (χ0) is 11.1. The highest BCUT2D eigenvalue weighted by atomic mass is 16.7. The van der Waals surface area contributed by atoms with Crippen molar-refractivity contribution in [3.05, 3.63) is 29.8 Å². The van der Waals surface area contributed by atoms with Crippen LogP contribution in [-0.2, 0) is 4.74 Å². The van der Waals surface area contributed by atoms with E-state index in [-0.39, 0.29) is 13.4 Å². The Morgan fingerprint density at radius 2 is 1.93 bits per heavy atom. The number of hydrogen-bond acceptors (Lipinski definition) is 4. The maximum Gasteiger partial charge on any atom is 0.188 e. The lowest BCUT2D eigenvalue weighted by molar-refractivity contribution is 0.0510. The Morgan fingerprint density at radius 3 is 2.47 bits per heavy atom. The van der Waals surface area contributed by atoms with Crippen molar-refractivity contribution < 1.29 is 19.7 Å². The smallest absolute Gasteiger partial charge is 0.188 e. The van der Waals surface area contributed by atoms with E-state index < -0.39 is 6.10 Å². The summed E-state index contributed by atoms with van der Waals surface area (Å²) in [5.41, 5.74) is 0.772. The third-order valence-electron chi connectivity index (χ3n) is 2.01. The van der Waals surface area contributed by atoms with E-state index in [2.05, 4.69) is 0 Å². The van der Waals surface area contributed by atoms with Gasteiger partial charge in [0.25, 0.3) is 0 Å². The number of aliphatic hydroxyl groups excluding tert-OH is 2. The molecule has 0 heterocycles. The molecule has 0 aliphatic heterocycles. The molecule has 0 aliphatic carbocycles. The summed E-state index contributed by atoms with van der Waals surface area (Å²) in [7, 11) is 1.55. The van der Waals surface area contributed by atoms with Gasteiger partial charge in [0.05, 0.1) is 6.10 Å². The predicted molar refractivity (Wildman–Crippen MR) is 55.6 cm³/mol. The Hall–Kier alpha value is -1.10. The number of ether oxygens (including phenoxy) is 2. The molecule has 1 atom stereocenters. The van der Waals surface area contributed by atoms with E-state index in [0.717, 1.165) is 5.56 Å². The van der Waals surface area contributed by atoms with Gasteiger partial charge in [-0.3, -0.25) is 0 Å². The van der Waals surface area contributed by atoms with Gasteiger partial charge in [0.15, 0.2) is 6.79 Å². The van der Waals surface area contributed by atoms with E-state index in [1.807, 2.05) is 0 Å². The molecule has 0 amide bonds. The normalized spacial score (nSPS) is 12.5. The zero-order valence-electron chi connectivity index (χ0n) is 8.72. The van der Waals surface area contributed by atoms with Gasteiger partial charge in [-0.2, -0.15) is 0 Å². The van der Waals surface area contributed by atoms with Gasteiger partial charge in [-0.25, -0.2) is 0 Å². The zero-order valence-corrected chi connectivity index (χ0v) is 8.72. The number of hydrogen-bond donors (Lipinski definition) is 2. The van der Waals surface area contributed by atoms with Crippen LogP contribution in [0.1, 0.15) is 18.1 Å². The molecule has 0 spiro atoms. The minimum Gasteiger partial charge on any atom is -0.468 e. The molecule has 15 heavy (non-hydrogen) atoms. The summed E-state index contributed by atoms with van der Waals surface area (Å²) in [5.74, 6) is 0.691. The minimum absolute atomic E-state index is 0.0247. The standard InChI is InChI=1S/C11H16O4/c1-14-8-15-10-4-2-9(3-5-10)11(13)6-7-12/h2-5,11-13H,6-8H2,1H3. The molecule has 0 saturated carbocycles. The molecule has 0 aliphatic rings. The van der Waals surface area contributed by atoms with Gasteiger partial charge in [0, 0.05) is 20.1 Å². The Morgan fingerprint density at radius 1 is 1.27 bits per heavy atom. The van der Waals surface area contributed by atoms with Gasteiger partial charge in [-0.15, -0.1) is 0 Å². The largest absolute Gasteiger partial charge is 0.468 e. The molecule has 1 aromatic rings. The van der Waals surface area contributed by atoms with Gasteiger partial charge in [0.2, 0.25) is 0 Å². The first-order chi connectivity index (χ1) is 7.27. The maximum absolute atomic E-state index is 9.56. The van der Waals surface area contributed by atoms with Crippen molar-refractivity contribution >= 4 is 0 Å². The fourth-order valence-electron chi connectivity index (χ4n) is 1.20. The van der Waals surface area contributed by atoms with Crippen LogP contribution in [0.15, 0.2) is 24.3 Å². The fraction of sp³-hybridized carbons (Fsp3) is 0.455. The van der Waals surface area contributed by atoms with Crippen LogP contribution in [0.4, 0.5) is 0 Å². The summed E-state index contributed by atoms with van der Waals surface area (Å²) in [6, 6.07) is 7.06. The average molecular weight is 212 g/mol. The predicted octanol–water partition coefficient (Wildman–Crippen LogP) is 1.09. The highest BCUT2D eigenvalue weighted by Gasteiger charge is 2.06. The van der Waals surface area contributed by atoms with E-state index in [9.17, 15) is 5.11 Å². The molecule has 84 valence electrons. The van der Waals surface area contributed by atoms with Crippen molar-refractivity contribution in [2.24, 2.45) is 0 Å². The van der Waals surface area contributed by atoms with E-state index in [1.54, 1.807) is 31.4 Å². The molecule has 0 fully saturated rings. The Kier molecular flexibility index (Phi) is 5.10. The molecular formula is C11H16O4. The second-order valence-corrected chi connectivity index (χ2v) is 3.15. The first-order valence-electron chi connectivity index (χ1n) is 4.78. The quantitative estimate of drug-likeness (QED) is 0.693. The third kappa shape index (κ3) is 3.87. The second kappa shape index (κ2) is 6.40. The minimum atomic E-state index is -0.619. The van der Waals surface area contributed by atoms with Crippen LogP contribution in [0.3, 0.4) is 0 Å². The van der Waals surface area contributed by atoms with Crippen molar-refractivity contribution in [3.8, 4) is 5.75 Å². The van der Waals surface area contributed by atoms with Crippen molar-refractivity contribution in [1.82, 2.24) is 0 Å². The molecule has 0 saturated heterocycles. The monoisotopic (exact) mass is 212 g/mol. The molecule has 1 rings (SSSR count). The van der Waals surface area contributed by atoms with Crippen LogP contribution in [0.2, 0.25) is 0 Å². The summed E-state index contributed by atoms with van der Waals surface area (Å²) in [6.07, 6.45) is -0.273. The molecule has 0 aromatic heterocycles. The number of aliphatic hydroxyl groups is 2. The van der Waals surface area contributed by atoms with Crippen molar-refractivity contribution in [3.63, 3.8) is 0 Å². The summed E-state index contributed by atoms with van der Waals surface area (Å²) in [5, 5.41) is 18.2. The molecule has 2 N–H and O–H groups in total. The molecule has 0 radical (unpaired) electrons. The van der Waals surface area contributed by atoms with Gasteiger partial charge in [-0.05, 0) is 17.7 Å². The van der Waals surface area contributed by atoms with Crippen LogP contribution >= 0.6 is 0 Å². The molecule has 4 heteroatoms. The Balaban J connectivity index is 2.55. The molecule has 1 unspecified atom stereocenters. The SMILES string of the molecule is COCOc1ccc(C(O)CCO)cc1. The van der Waals surface area contributed by atoms with Crippen LogP contribution < -0.4 is 4.74 Å². The van der Waals surface area contributed by atoms with E-state index in [4.69, 9.17) is 14.6 Å².